The summed E-state index contributed by atoms with van der Waals surface area (Å²) in [6, 6.07) is 6.76. The maximum Gasteiger partial charge on any atom is 0.323 e. The molecule has 0 unspecified atom stereocenters. The molecule has 1 saturated heterocycles. The van der Waals surface area contributed by atoms with Crippen LogP contribution in [0.15, 0.2) is 24.3 Å². The van der Waals surface area contributed by atoms with Crippen molar-refractivity contribution in [2.75, 3.05) is 39.8 Å². The number of aromatic hydroxyl groups is 1. The van der Waals surface area contributed by atoms with Crippen molar-refractivity contribution in [3.05, 3.63) is 29.8 Å². The van der Waals surface area contributed by atoms with Gasteiger partial charge in [0.05, 0.1) is 0 Å². The molecular formula is C15H22N4O3. The minimum absolute atomic E-state index is 0.208. The van der Waals surface area contributed by atoms with Gasteiger partial charge in [0.2, 0.25) is 0 Å². The van der Waals surface area contributed by atoms with Crippen molar-refractivity contribution in [3.63, 3.8) is 0 Å². The van der Waals surface area contributed by atoms with Gasteiger partial charge in [-0.3, -0.25) is 15.0 Å². The quantitative estimate of drug-likeness (QED) is 0.643. The van der Waals surface area contributed by atoms with Gasteiger partial charge in [0.15, 0.2) is 0 Å². The summed E-state index contributed by atoms with van der Waals surface area (Å²) in [5.41, 5.74) is 3.60. The van der Waals surface area contributed by atoms with Gasteiger partial charge in [-0.25, -0.2) is 5.01 Å². The predicted molar refractivity (Wildman–Crippen MR) is 82.0 cm³/mol. The van der Waals surface area contributed by atoms with Crippen LogP contribution in [0.5, 0.6) is 5.75 Å². The number of rotatable bonds is 4. The van der Waals surface area contributed by atoms with Crippen molar-refractivity contribution in [2.45, 2.75) is 6.42 Å². The third kappa shape index (κ3) is 5.01. The zero-order valence-corrected chi connectivity index (χ0v) is 12.7. The fraction of sp³-hybridized carbons (Fsp3) is 0.467. The Morgan fingerprint density at radius 1 is 1.09 bits per heavy atom. The van der Waals surface area contributed by atoms with E-state index in [2.05, 4.69) is 15.6 Å². The molecule has 3 N–H and O–H groups in total. The van der Waals surface area contributed by atoms with Crippen LogP contribution in [0, 0.1) is 0 Å². The van der Waals surface area contributed by atoms with Gasteiger partial charge in [-0.1, -0.05) is 12.1 Å². The van der Waals surface area contributed by atoms with Crippen LogP contribution in [-0.2, 0) is 16.0 Å². The largest absolute Gasteiger partial charge is 0.508 e. The molecule has 2 rings (SSSR count). The Labute approximate surface area is 129 Å². The smallest absolute Gasteiger partial charge is 0.323 e. The fourth-order valence-corrected chi connectivity index (χ4v) is 2.18. The maximum absolute atomic E-state index is 11.8. The van der Waals surface area contributed by atoms with Gasteiger partial charge in [-0.15, -0.1) is 0 Å². The Bertz CT molecular complexity index is 510. The first-order valence-corrected chi connectivity index (χ1v) is 7.35. The van der Waals surface area contributed by atoms with Crippen molar-refractivity contribution in [1.82, 2.24) is 20.7 Å². The number of likely N-dealkylation sites (N-methyl/N-ethyl adjacent to an activating group) is 1. The Hall–Kier alpha value is -2.12. The van der Waals surface area contributed by atoms with Crippen LogP contribution in [0.1, 0.15) is 5.56 Å². The van der Waals surface area contributed by atoms with E-state index in [4.69, 9.17) is 0 Å². The SMILES string of the molecule is CN1CCN(NC(=O)C(=O)NCCc2ccc(O)cc2)CC1. The topological polar surface area (TPSA) is 84.9 Å². The van der Waals surface area contributed by atoms with Gasteiger partial charge in [-0.05, 0) is 31.2 Å². The van der Waals surface area contributed by atoms with E-state index in [1.165, 1.54) is 0 Å². The molecule has 22 heavy (non-hydrogen) atoms. The Balaban J connectivity index is 1.68. The predicted octanol–water partition coefficient (Wildman–Crippen LogP) is -0.670. The van der Waals surface area contributed by atoms with Gasteiger partial charge >= 0.3 is 11.8 Å². The summed E-state index contributed by atoms with van der Waals surface area (Å²) in [6.07, 6.45) is 0.605. The van der Waals surface area contributed by atoms with Gasteiger partial charge in [0.25, 0.3) is 0 Å². The van der Waals surface area contributed by atoms with Gasteiger partial charge < -0.3 is 15.3 Å². The van der Waals surface area contributed by atoms with E-state index in [-0.39, 0.29) is 5.75 Å². The third-order valence-electron chi connectivity index (χ3n) is 3.60. The zero-order chi connectivity index (χ0) is 15.9. The number of hydrogen-bond acceptors (Lipinski definition) is 5. The molecule has 1 aromatic rings. The lowest BCUT2D eigenvalue weighted by Crippen LogP contribution is -2.55. The normalized spacial score (nSPS) is 16.2. The van der Waals surface area contributed by atoms with Gasteiger partial charge in [0.1, 0.15) is 5.75 Å². The fourth-order valence-electron chi connectivity index (χ4n) is 2.18. The number of piperazine rings is 1. The summed E-state index contributed by atoms with van der Waals surface area (Å²) in [5.74, 6) is -1.05. The van der Waals surface area contributed by atoms with Crippen LogP contribution in [0.4, 0.5) is 0 Å². The van der Waals surface area contributed by atoms with Crippen molar-refractivity contribution >= 4 is 11.8 Å². The molecule has 0 spiro atoms. The summed E-state index contributed by atoms with van der Waals surface area (Å²) in [6.45, 7) is 3.53. The number of phenols is 1. The molecule has 0 aliphatic carbocycles. The molecule has 1 aliphatic rings. The number of carbonyl (C=O) groups is 2. The number of hydrazine groups is 1. The Kier molecular flexibility index (Phi) is 5.74. The number of hydrogen-bond donors (Lipinski definition) is 3. The second-order valence-electron chi connectivity index (χ2n) is 5.40. The molecule has 2 amide bonds. The molecule has 120 valence electrons. The van der Waals surface area contributed by atoms with Gasteiger partial charge in [0, 0.05) is 32.7 Å². The molecule has 0 saturated carbocycles. The molecule has 7 heteroatoms. The van der Waals surface area contributed by atoms with Crippen LogP contribution >= 0.6 is 0 Å². The van der Waals surface area contributed by atoms with Crippen molar-refractivity contribution < 1.29 is 14.7 Å². The lowest BCUT2D eigenvalue weighted by molar-refractivity contribution is -0.142. The molecule has 0 bridgehead atoms. The molecule has 1 aromatic carbocycles. The van der Waals surface area contributed by atoms with Gasteiger partial charge in [-0.2, -0.15) is 0 Å². The van der Waals surface area contributed by atoms with E-state index in [9.17, 15) is 14.7 Å². The second-order valence-corrected chi connectivity index (χ2v) is 5.40. The second kappa shape index (κ2) is 7.77. The molecule has 0 aromatic heterocycles. The van der Waals surface area contributed by atoms with E-state index in [0.717, 1.165) is 18.7 Å². The summed E-state index contributed by atoms with van der Waals surface area (Å²) in [7, 11) is 2.02. The van der Waals surface area contributed by atoms with Crippen LogP contribution in [0.3, 0.4) is 0 Å². The number of nitrogens with zero attached hydrogens (tertiary/aromatic N) is 2. The van der Waals surface area contributed by atoms with E-state index in [0.29, 0.717) is 26.1 Å². The van der Waals surface area contributed by atoms with Crippen LogP contribution in [-0.4, -0.2) is 66.6 Å². The lowest BCUT2D eigenvalue weighted by Gasteiger charge is -2.32. The average molecular weight is 306 g/mol. The molecule has 1 aliphatic heterocycles. The molecule has 0 atom stereocenters. The number of amides is 2. The molecule has 7 nitrogen and oxygen atoms in total. The highest BCUT2D eigenvalue weighted by molar-refractivity contribution is 6.34. The standard InChI is InChI=1S/C15H22N4O3/c1-18-8-10-19(11-9-18)17-15(22)14(21)16-7-6-12-2-4-13(20)5-3-12/h2-5,20H,6-11H2,1H3,(H,16,21)(H,17,22). The van der Waals surface area contributed by atoms with E-state index in [1.54, 1.807) is 29.3 Å². The number of phenolic OH excluding ortho intramolecular Hbond substituents is 1. The van der Waals surface area contributed by atoms with E-state index < -0.39 is 11.8 Å². The highest BCUT2D eigenvalue weighted by atomic mass is 16.3. The summed E-state index contributed by atoms with van der Waals surface area (Å²) < 4.78 is 0. The van der Waals surface area contributed by atoms with Crippen molar-refractivity contribution in [3.8, 4) is 5.75 Å². The van der Waals surface area contributed by atoms with Crippen molar-refractivity contribution in [2.24, 2.45) is 0 Å². The molecular weight excluding hydrogens is 284 g/mol. The lowest BCUT2D eigenvalue weighted by atomic mass is 10.1. The summed E-state index contributed by atoms with van der Waals surface area (Å²) in [5, 5.41) is 13.5. The Morgan fingerprint density at radius 2 is 1.73 bits per heavy atom. The summed E-state index contributed by atoms with van der Waals surface area (Å²) in [4.78, 5) is 25.7. The highest BCUT2D eigenvalue weighted by Gasteiger charge is 2.19. The monoisotopic (exact) mass is 306 g/mol. The minimum atomic E-state index is -0.629. The minimum Gasteiger partial charge on any atom is -0.508 e. The maximum atomic E-state index is 11.8. The van der Waals surface area contributed by atoms with Crippen molar-refractivity contribution in [1.29, 1.82) is 0 Å². The number of benzene rings is 1. The average Bonchev–Trinajstić information content (AvgIpc) is 2.51. The molecule has 1 heterocycles. The highest BCUT2D eigenvalue weighted by Crippen LogP contribution is 2.09. The first-order chi connectivity index (χ1) is 10.5. The summed E-state index contributed by atoms with van der Waals surface area (Å²) >= 11 is 0. The zero-order valence-electron chi connectivity index (χ0n) is 12.7. The van der Waals surface area contributed by atoms with E-state index in [1.807, 2.05) is 7.05 Å². The first-order valence-electron chi connectivity index (χ1n) is 7.35. The number of nitrogens with one attached hydrogen (secondary N) is 2. The van der Waals surface area contributed by atoms with Crippen LogP contribution in [0.25, 0.3) is 0 Å². The number of carbonyl (C=O) groups excluding carboxylic acids is 2. The van der Waals surface area contributed by atoms with Crippen LogP contribution < -0.4 is 10.7 Å². The Morgan fingerprint density at radius 3 is 2.36 bits per heavy atom. The molecule has 1 fully saturated rings. The third-order valence-corrected chi connectivity index (χ3v) is 3.60. The first kappa shape index (κ1) is 16.3. The van der Waals surface area contributed by atoms with Crippen LogP contribution in [0.2, 0.25) is 0 Å². The molecule has 0 radical (unpaired) electrons. The van der Waals surface area contributed by atoms with E-state index >= 15 is 0 Å².